The second-order valence-corrected chi connectivity index (χ2v) is 4.65. The van der Waals surface area contributed by atoms with E-state index in [-0.39, 0.29) is 0 Å². The highest BCUT2D eigenvalue weighted by atomic mass is 14.9. The first-order chi connectivity index (χ1) is 8.29. The van der Waals surface area contributed by atoms with Crippen LogP contribution in [0.15, 0.2) is 18.2 Å². The predicted molar refractivity (Wildman–Crippen MR) is 70.0 cm³/mol. The fourth-order valence-corrected chi connectivity index (χ4v) is 1.81. The Bertz CT molecular complexity index is 416. The number of aryl methyl sites for hydroxylation is 1. The molecule has 1 aliphatic carbocycles. The van der Waals surface area contributed by atoms with Gasteiger partial charge < -0.3 is 10.6 Å². The molecule has 90 valence electrons. The lowest BCUT2D eigenvalue weighted by Gasteiger charge is -2.08. The number of nitrogens with one attached hydrogen (secondary N) is 2. The minimum atomic E-state index is 0.756. The summed E-state index contributed by atoms with van der Waals surface area (Å²) in [5.41, 5.74) is 2.90. The van der Waals surface area contributed by atoms with Crippen LogP contribution in [0.5, 0.6) is 0 Å². The zero-order valence-corrected chi connectivity index (χ0v) is 10.3. The van der Waals surface area contributed by atoms with Gasteiger partial charge in [-0.2, -0.15) is 5.26 Å². The topological polar surface area (TPSA) is 47.8 Å². The third-order valence-electron chi connectivity index (χ3n) is 3.04. The van der Waals surface area contributed by atoms with Crippen LogP contribution in [0.4, 0.5) is 5.69 Å². The number of hydrogen-bond donors (Lipinski definition) is 2. The predicted octanol–water partition coefficient (Wildman–Crippen LogP) is 2.42. The van der Waals surface area contributed by atoms with Crippen LogP contribution in [0, 0.1) is 18.3 Å². The molecule has 0 atom stereocenters. The van der Waals surface area contributed by atoms with Crippen molar-refractivity contribution in [3.8, 4) is 6.07 Å². The second kappa shape index (κ2) is 5.70. The van der Waals surface area contributed by atoms with Crippen molar-refractivity contribution in [3.63, 3.8) is 0 Å². The minimum Gasteiger partial charge on any atom is -0.385 e. The maximum absolute atomic E-state index is 8.83. The van der Waals surface area contributed by atoms with Gasteiger partial charge in [-0.05, 0) is 56.5 Å². The molecule has 0 amide bonds. The van der Waals surface area contributed by atoms with Gasteiger partial charge in [0.05, 0.1) is 11.6 Å². The van der Waals surface area contributed by atoms with Crippen molar-refractivity contribution in [1.29, 1.82) is 5.26 Å². The molecule has 1 saturated carbocycles. The van der Waals surface area contributed by atoms with Crippen molar-refractivity contribution in [2.75, 3.05) is 18.4 Å². The van der Waals surface area contributed by atoms with Gasteiger partial charge in [-0.1, -0.05) is 0 Å². The van der Waals surface area contributed by atoms with Gasteiger partial charge in [0.15, 0.2) is 0 Å². The van der Waals surface area contributed by atoms with Gasteiger partial charge in [0.1, 0.15) is 0 Å². The van der Waals surface area contributed by atoms with E-state index in [4.69, 9.17) is 5.26 Å². The quantitative estimate of drug-likeness (QED) is 0.736. The van der Waals surface area contributed by atoms with Crippen LogP contribution in [0.25, 0.3) is 0 Å². The van der Waals surface area contributed by atoms with E-state index in [1.165, 1.54) is 12.8 Å². The molecule has 3 nitrogen and oxygen atoms in total. The van der Waals surface area contributed by atoms with Crippen LogP contribution in [-0.2, 0) is 0 Å². The summed E-state index contributed by atoms with van der Waals surface area (Å²) in [5, 5.41) is 15.7. The number of rotatable bonds is 6. The maximum atomic E-state index is 8.83. The van der Waals surface area contributed by atoms with Crippen molar-refractivity contribution in [1.82, 2.24) is 5.32 Å². The van der Waals surface area contributed by atoms with Crippen molar-refractivity contribution in [2.24, 2.45) is 0 Å². The number of nitrogens with zero attached hydrogens (tertiary/aromatic N) is 1. The molecule has 2 N–H and O–H groups in total. The van der Waals surface area contributed by atoms with E-state index in [0.29, 0.717) is 0 Å². The molecule has 3 heteroatoms. The first-order valence-corrected chi connectivity index (χ1v) is 6.27. The van der Waals surface area contributed by atoms with Crippen LogP contribution < -0.4 is 10.6 Å². The van der Waals surface area contributed by atoms with Gasteiger partial charge >= 0.3 is 0 Å². The van der Waals surface area contributed by atoms with E-state index in [2.05, 4.69) is 16.7 Å². The summed E-state index contributed by atoms with van der Waals surface area (Å²) < 4.78 is 0. The Labute approximate surface area is 103 Å². The summed E-state index contributed by atoms with van der Waals surface area (Å²) in [4.78, 5) is 0. The number of benzene rings is 1. The van der Waals surface area contributed by atoms with Gasteiger partial charge in [0, 0.05) is 18.3 Å². The van der Waals surface area contributed by atoms with Gasteiger partial charge in [0.2, 0.25) is 0 Å². The molecular formula is C14H19N3. The second-order valence-electron chi connectivity index (χ2n) is 4.65. The molecule has 0 unspecified atom stereocenters. The Morgan fingerprint density at radius 3 is 2.82 bits per heavy atom. The molecule has 0 heterocycles. The average molecular weight is 229 g/mol. The molecular weight excluding hydrogens is 210 g/mol. The van der Waals surface area contributed by atoms with Gasteiger partial charge in [0.25, 0.3) is 0 Å². The standard InChI is InChI=1S/C14H19N3/c1-11-9-14(4-3-12(11)10-15)17-8-2-7-16-13-5-6-13/h3-4,9,13,16-17H,2,5-8H2,1H3. The molecule has 1 aromatic carbocycles. The summed E-state index contributed by atoms with van der Waals surface area (Å²) in [6, 6.07) is 8.86. The summed E-state index contributed by atoms with van der Waals surface area (Å²) >= 11 is 0. The summed E-state index contributed by atoms with van der Waals surface area (Å²) in [5.74, 6) is 0. The molecule has 0 bridgehead atoms. The molecule has 0 saturated heterocycles. The van der Waals surface area contributed by atoms with E-state index in [0.717, 1.165) is 42.4 Å². The Hall–Kier alpha value is -1.53. The number of nitriles is 1. The monoisotopic (exact) mass is 229 g/mol. The average Bonchev–Trinajstić information content (AvgIpc) is 3.13. The lowest BCUT2D eigenvalue weighted by Crippen LogP contribution is -2.19. The summed E-state index contributed by atoms with van der Waals surface area (Å²) in [7, 11) is 0. The summed E-state index contributed by atoms with van der Waals surface area (Å²) in [6.07, 6.45) is 3.83. The third kappa shape index (κ3) is 3.76. The van der Waals surface area contributed by atoms with Crippen LogP contribution in [0.3, 0.4) is 0 Å². The SMILES string of the molecule is Cc1cc(NCCCNC2CC2)ccc1C#N. The molecule has 0 aromatic heterocycles. The Kier molecular flexibility index (Phi) is 4.00. The largest absolute Gasteiger partial charge is 0.385 e. The molecule has 0 aliphatic heterocycles. The molecule has 1 aromatic rings. The molecule has 1 aliphatic rings. The Balaban J connectivity index is 1.70. The molecule has 2 rings (SSSR count). The molecule has 0 radical (unpaired) electrons. The number of anilines is 1. The van der Waals surface area contributed by atoms with Gasteiger partial charge in [-0.25, -0.2) is 0 Å². The molecule has 0 spiro atoms. The lowest BCUT2D eigenvalue weighted by molar-refractivity contribution is 0.659. The zero-order valence-electron chi connectivity index (χ0n) is 10.3. The highest BCUT2D eigenvalue weighted by Crippen LogP contribution is 2.18. The highest BCUT2D eigenvalue weighted by molar-refractivity contribution is 5.51. The first-order valence-electron chi connectivity index (χ1n) is 6.27. The molecule has 17 heavy (non-hydrogen) atoms. The minimum absolute atomic E-state index is 0.756. The van der Waals surface area contributed by atoms with Crippen molar-refractivity contribution in [2.45, 2.75) is 32.2 Å². The third-order valence-corrected chi connectivity index (χ3v) is 3.04. The van der Waals surface area contributed by atoms with Gasteiger partial charge in [-0.3, -0.25) is 0 Å². The van der Waals surface area contributed by atoms with Crippen molar-refractivity contribution in [3.05, 3.63) is 29.3 Å². The molecule has 1 fully saturated rings. The zero-order chi connectivity index (χ0) is 12.1. The lowest BCUT2D eigenvalue weighted by atomic mass is 10.1. The van der Waals surface area contributed by atoms with Crippen LogP contribution in [0.1, 0.15) is 30.4 Å². The first kappa shape index (κ1) is 11.9. The fraction of sp³-hybridized carbons (Fsp3) is 0.500. The Morgan fingerprint density at radius 1 is 1.35 bits per heavy atom. The van der Waals surface area contributed by atoms with Crippen LogP contribution in [0.2, 0.25) is 0 Å². The van der Waals surface area contributed by atoms with E-state index in [9.17, 15) is 0 Å². The van der Waals surface area contributed by atoms with Crippen molar-refractivity contribution < 1.29 is 0 Å². The fourth-order valence-electron chi connectivity index (χ4n) is 1.81. The summed E-state index contributed by atoms with van der Waals surface area (Å²) in [6.45, 7) is 4.04. The highest BCUT2D eigenvalue weighted by Gasteiger charge is 2.19. The van der Waals surface area contributed by atoms with Crippen molar-refractivity contribution >= 4 is 5.69 Å². The van der Waals surface area contributed by atoms with E-state index in [1.807, 2.05) is 25.1 Å². The van der Waals surface area contributed by atoms with Crippen LogP contribution >= 0.6 is 0 Å². The maximum Gasteiger partial charge on any atom is 0.0994 e. The van der Waals surface area contributed by atoms with Gasteiger partial charge in [-0.15, -0.1) is 0 Å². The number of hydrogen-bond acceptors (Lipinski definition) is 3. The van der Waals surface area contributed by atoms with E-state index in [1.54, 1.807) is 0 Å². The van der Waals surface area contributed by atoms with E-state index >= 15 is 0 Å². The van der Waals surface area contributed by atoms with E-state index < -0.39 is 0 Å². The Morgan fingerprint density at radius 2 is 2.18 bits per heavy atom. The van der Waals surface area contributed by atoms with Crippen LogP contribution in [-0.4, -0.2) is 19.1 Å². The normalized spacial score (nSPS) is 14.4. The smallest absolute Gasteiger partial charge is 0.0994 e.